The summed E-state index contributed by atoms with van der Waals surface area (Å²) < 4.78 is 6.09. The molecule has 1 aromatic carbocycles. The van der Waals surface area contributed by atoms with Gasteiger partial charge in [0.25, 0.3) is 5.91 Å². The van der Waals surface area contributed by atoms with Gasteiger partial charge >= 0.3 is 0 Å². The predicted molar refractivity (Wildman–Crippen MR) is 85.5 cm³/mol. The molecular weight excluding hydrogens is 379 g/mol. The fraction of sp³-hybridized carbons (Fsp3) is 0.333. The fourth-order valence-corrected chi connectivity index (χ4v) is 2.36. The van der Waals surface area contributed by atoms with E-state index in [9.17, 15) is 4.79 Å². The molecule has 0 fully saturated rings. The van der Waals surface area contributed by atoms with Gasteiger partial charge in [0.15, 0.2) is 0 Å². The third-order valence-electron chi connectivity index (χ3n) is 2.37. The third-order valence-corrected chi connectivity index (χ3v) is 3.43. The lowest BCUT2D eigenvalue weighted by atomic mass is 10.1. The van der Waals surface area contributed by atoms with E-state index < -0.39 is 0 Å². The number of thiol groups is 1. The van der Waals surface area contributed by atoms with E-state index in [0.717, 1.165) is 14.9 Å². The highest BCUT2D eigenvalue weighted by molar-refractivity contribution is 14.1. The van der Waals surface area contributed by atoms with Gasteiger partial charge in [0.2, 0.25) is 0 Å². The van der Waals surface area contributed by atoms with Crippen LogP contribution in [0, 0.1) is 3.57 Å². The molecule has 5 nitrogen and oxygen atoms in total. The first-order valence-electron chi connectivity index (χ1n) is 5.54. The second kappa shape index (κ2) is 8.26. The lowest BCUT2D eigenvalue weighted by Crippen LogP contribution is -2.33. The van der Waals surface area contributed by atoms with Gasteiger partial charge in [0.05, 0.1) is 10.7 Å². The van der Waals surface area contributed by atoms with Gasteiger partial charge < -0.3 is 15.3 Å². The number of carbonyl (C=O) groups excluding carboxylic acids is 1. The monoisotopic (exact) mass is 394 g/mol. The van der Waals surface area contributed by atoms with Crippen LogP contribution in [0.15, 0.2) is 23.4 Å². The highest BCUT2D eigenvalue weighted by Crippen LogP contribution is 2.21. The minimum atomic E-state index is -0.387. The summed E-state index contributed by atoms with van der Waals surface area (Å²) in [4.78, 5) is 11.7. The van der Waals surface area contributed by atoms with Gasteiger partial charge in [0, 0.05) is 18.7 Å². The number of benzene rings is 1. The molecule has 19 heavy (non-hydrogen) atoms. The first-order valence-corrected chi connectivity index (χ1v) is 7.26. The Kier molecular flexibility index (Phi) is 7.00. The van der Waals surface area contributed by atoms with Crippen molar-refractivity contribution in [3.05, 3.63) is 27.3 Å². The Morgan fingerprint density at radius 3 is 2.84 bits per heavy atom. The molecule has 1 amide bonds. The van der Waals surface area contributed by atoms with Gasteiger partial charge in [-0.1, -0.05) is 11.2 Å². The minimum absolute atomic E-state index is 0.0720. The van der Waals surface area contributed by atoms with Crippen molar-refractivity contribution < 1.29 is 14.7 Å². The number of hydrogen-bond acceptors (Lipinski definition) is 5. The molecule has 2 N–H and O–H groups in total. The summed E-state index contributed by atoms with van der Waals surface area (Å²) in [6, 6.07) is 5.53. The van der Waals surface area contributed by atoms with Gasteiger partial charge in [-0.15, -0.1) is 0 Å². The average Bonchev–Trinajstić information content (AvgIpc) is 2.42. The zero-order chi connectivity index (χ0) is 14.3. The Bertz CT molecular complexity index is 480. The molecule has 7 heteroatoms. The van der Waals surface area contributed by atoms with E-state index >= 15 is 0 Å². The number of amides is 1. The van der Waals surface area contributed by atoms with Crippen molar-refractivity contribution in [3.8, 4) is 5.75 Å². The van der Waals surface area contributed by atoms with Crippen LogP contribution >= 0.6 is 35.2 Å². The normalized spacial score (nSPS) is 11.2. The average molecular weight is 394 g/mol. The molecule has 0 spiro atoms. The van der Waals surface area contributed by atoms with Crippen LogP contribution in [0.2, 0.25) is 0 Å². The van der Waals surface area contributed by atoms with Crippen molar-refractivity contribution in [2.45, 2.75) is 6.42 Å². The van der Waals surface area contributed by atoms with Crippen LogP contribution in [0.5, 0.6) is 5.75 Å². The summed E-state index contributed by atoms with van der Waals surface area (Å²) in [6.45, 7) is 0.432. The lowest BCUT2D eigenvalue weighted by molar-refractivity contribution is -0.114. The topological polar surface area (TPSA) is 70.9 Å². The predicted octanol–water partition coefficient (Wildman–Crippen LogP) is 1.72. The molecule has 0 saturated carbocycles. The van der Waals surface area contributed by atoms with Crippen LogP contribution in [0.1, 0.15) is 5.56 Å². The van der Waals surface area contributed by atoms with Crippen molar-refractivity contribution in [1.29, 1.82) is 0 Å². The summed E-state index contributed by atoms with van der Waals surface area (Å²) in [5, 5.41) is 14.6. The minimum Gasteiger partial charge on any atom is -0.496 e. The molecule has 0 aromatic heterocycles. The second-order valence-electron chi connectivity index (χ2n) is 3.67. The first kappa shape index (κ1) is 16.1. The fourth-order valence-electron chi connectivity index (χ4n) is 1.45. The molecule has 0 aliphatic carbocycles. The molecule has 0 unspecified atom stereocenters. The maximum absolute atomic E-state index is 11.7. The van der Waals surface area contributed by atoms with E-state index in [2.05, 4.69) is 45.7 Å². The summed E-state index contributed by atoms with van der Waals surface area (Å²) >= 11 is 6.14. The Hall–Kier alpha value is -0.960. The van der Waals surface area contributed by atoms with Crippen molar-refractivity contribution in [3.63, 3.8) is 0 Å². The Morgan fingerprint density at radius 1 is 1.58 bits per heavy atom. The smallest absolute Gasteiger partial charge is 0.269 e. The largest absolute Gasteiger partial charge is 0.496 e. The summed E-state index contributed by atoms with van der Waals surface area (Å²) in [6.07, 6.45) is 0.259. The van der Waals surface area contributed by atoms with Crippen LogP contribution < -0.4 is 10.1 Å². The molecule has 1 aromatic rings. The number of nitrogens with one attached hydrogen (secondary N) is 1. The second-order valence-corrected chi connectivity index (χ2v) is 5.28. The van der Waals surface area contributed by atoms with Crippen molar-refractivity contribution >= 4 is 46.8 Å². The quantitative estimate of drug-likeness (QED) is 0.226. The molecule has 0 radical (unpaired) electrons. The number of methoxy groups -OCH3 is 1. The zero-order valence-electron chi connectivity index (χ0n) is 10.4. The van der Waals surface area contributed by atoms with Gasteiger partial charge in [-0.05, 0) is 40.3 Å². The van der Waals surface area contributed by atoms with Gasteiger partial charge in [0.1, 0.15) is 11.5 Å². The number of hydrogen-bond donors (Lipinski definition) is 3. The molecular formula is C12H15IN2O3S. The maximum atomic E-state index is 11.7. The molecule has 0 bridgehead atoms. The summed E-state index contributed by atoms with van der Waals surface area (Å²) in [5.74, 6) is 0.916. The highest BCUT2D eigenvalue weighted by atomic mass is 127. The number of oxime groups is 1. The molecule has 0 atom stereocenters. The molecule has 0 aliphatic rings. The number of ether oxygens (including phenoxy) is 1. The lowest BCUT2D eigenvalue weighted by Gasteiger charge is -2.08. The Morgan fingerprint density at radius 2 is 2.32 bits per heavy atom. The van der Waals surface area contributed by atoms with E-state index in [0.29, 0.717) is 12.3 Å². The standard InChI is InChI=1S/C12H15IN2O3S/c1-18-11-3-2-8(6-9(11)13)7-10(15-17)12(16)14-4-5-19/h2-3,6,17,19H,4-5,7H2,1H3,(H,14,16)/b15-10+. The van der Waals surface area contributed by atoms with E-state index in [4.69, 9.17) is 9.94 Å². The summed E-state index contributed by atoms with van der Waals surface area (Å²) in [7, 11) is 1.60. The molecule has 0 saturated heterocycles. The van der Waals surface area contributed by atoms with E-state index in [1.54, 1.807) is 7.11 Å². The van der Waals surface area contributed by atoms with Crippen LogP contribution in [-0.4, -0.2) is 36.2 Å². The summed E-state index contributed by atoms with van der Waals surface area (Å²) in [5.41, 5.74) is 0.946. The third kappa shape index (κ3) is 4.90. The Labute approximate surface area is 131 Å². The highest BCUT2D eigenvalue weighted by Gasteiger charge is 2.13. The van der Waals surface area contributed by atoms with Crippen molar-refractivity contribution in [2.24, 2.45) is 5.16 Å². The number of rotatable bonds is 6. The van der Waals surface area contributed by atoms with Crippen LogP contribution in [0.3, 0.4) is 0 Å². The Balaban J connectivity index is 2.76. The first-order chi connectivity index (χ1) is 9.12. The van der Waals surface area contributed by atoms with E-state index in [1.165, 1.54) is 0 Å². The van der Waals surface area contributed by atoms with Crippen LogP contribution in [0.4, 0.5) is 0 Å². The van der Waals surface area contributed by atoms with E-state index in [1.807, 2.05) is 18.2 Å². The van der Waals surface area contributed by atoms with Gasteiger partial charge in [-0.3, -0.25) is 4.79 Å². The molecule has 0 heterocycles. The zero-order valence-corrected chi connectivity index (χ0v) is 13.4. The van der Waals surface area contributed by atoms with Crippen molar-refractivity contribution in [1.82, 2.24) is 5.32 Å². The maximum Gasteiger partial charge on any atom is 0.269 e. The molecule has 0 aliphatic heterocycles. The van der Waals surface area contributed by atoms with Crippen molar-refractivity contribution in [2.75, 3.05) is 19.4 Å². The van der Waals surface area contributed by atoms with E-state index in [-0.39, 0.29) is 18.0 Å². The number of carbonyl (C=O) groups is 1. The molecule has 1 rings (SSSR count). The van der Waals surface area contributed by atoms with Crippen LogP contribution in [-0.2, 0) is 11.2 Å². The number of halogens is 1. The number of nitrogens with zero attached hydrogens (tertiary/aromatic N) is 1. The van der Waals surface area contributed by atoms with Gasteiger partial charge in [-0.25, -0.2) is 0 Å². The molecule has 104 valence electrons. The SMILES string of the molecule is COc1ccc(C/C(=N\O)C(=O)NCCS)cc1I. The van der Waals surface area contributed by atoms with Gasteiger partial charge in [-0.2, -0.15) is 12.6 Å². The van der Waals surface area contributed by atoms with Crippen LogP contribution in [0.25, 0.3) is 0 Å².